The van der Waals surface area contributed by atoms with Crippen LogP contribution in [0.15, 0.2) is 52.0 Å². The monoisotopic (exact) mass is 437 g/mol. The van der Waals surface area contributed by atoms with Crippen molar-refractivity contribution in [1.82, 2.24) is 25.4 Å². The van der Waals surface area contributed by atoms with Crippen molar-refractivity contribution in [2.45, 2.75) is 10.9 Å². The van der Waals surface area contributed by atoms with Crippen LogP contribution in [0.25, 0.3) is 22.8 Å². The van der Waals surface area contributed by atoms with Gasteiger partial charge in [-0.2, -0.15) is 0 Å². The highest BCUT2D eigenvalue weighted by Gasteiger charge is 2.13. The van der Waals surface area contributed by atoms with E-state index >= 15 is 0 Å². The summed E-state index contributed by atoms with van der Waals surface area (Å²) in [4.78, 5) is 4.42. The first-order valence-corrected chi connectivity index (χ1v) is 9.79. The van der Waals surface area contributed by atoms with E-state index in [0.717, 1.165) is 11.1 Å². The third kappa shape index (κ3) is 4.27. The number of aromatic amines is 1. The van der Waals surface area contributed by atoms with Crippen molar-refractivity contribution in [3.8, 4) is 22.8 Å². The molecule has 0 aliphatic rings. The van der Waals surface area contributed by atoms with Crippen LogP contribution < -0.4 is 0 Å². The summed E-state index contributed by atoms with van der Waals surface area (Å²) in [7, 11) is 0. The fraction of sp³-hybridized carbons (Fsp3) is 0.0588. The lowest BCUT2D eigenvalue weighted by Gasteiger charge is -1.99. The molecule has 0 amide bonds. The van der Waals surface area contributed by atoms with Crippen molar-refractivity contribution in [3.63, 3.8) is 0 Å². The summed E-state index contributed by atoms with van der Waals surface area (Å²) < 4.78 is 5.67. The number of rotatable bonds is 5. The standard InChI is InChI=1S/C17H10Cl3N5OS/c18-10-3-1-9(2-4-10)16-24-22-14(26-16)8-27-17-21-15(23-25-17)12-6-5-11(19)7-13(12)20/h1-7H,8H2,(H,21,23,25). The van der Waals surface area contributed by atoms with Crippen LogP contribution in [-0.4, -0.2) is 25.4 Å². The quantitative estimate of drug-likeness (QED) is 0.398. The predicted molar refractivity (Wildman–Crippen MR) is 106 cm³/mol. The summed E-state index contributed by atoms with van der Waals surface area (Å²) in [6.45, 7) is 0. The molecule has 0 bridgehead atoms. The Kier molecular flexibility index (Phi) is 5.36. The van der Waals surface area contributed by atoms with Crippen LogP contribution in [0.5, 0.6) is 0 Å². The lowest BCUT2D eigenvalue weighted by atomic mass is 10.2. The zero-order valence-corrected chi connectivity index (χ0v) is 16.6. The molecule has 0 saturated carbocycles. The zero-order chi connectivity index (χ0) is 18.8. The number of hydrogen-bond acceptors (Lipinski definition) is 6. The van der Waals surface area contributed by atoms with Gasteiger partial charge in [0.2, 0.25) is 16.9 Å². The Morgan fingerprint density at radius 3 is 2.52 bits per heavy atom. The molecule has 10 heteroatoms. The molecule has 0 atom stereocenters. The minimum Gasteiger partial charge on any atom is -0.420 e. The average Bonchev–Trinajstić information content (AvgIpc) is 3.30. The number of benzene rings is 2. The van der Waals surface area contributed by atoms with Gasteiger partial charge < -0.3 is 4.42 Å². The van der Waals surface area contributed by atoms with Gasteiger partial charge >= 0.3 is 0 Å². The number of aromatic nitrogens is 5. The molecule has 0 aliphatic carbocycles. The molecule has 0 fully saturated rings. The van der Waals surface area contributed by atoms with Crippen molar-refractivity contribution >= 4 is 46.6 Å². The van der Waals surface area contributed by atoms with E-state index in [1.165, 1.54) is 11.8 Å². The largest absolute Gasteiger partial charge is 0.420 e. The Balaban J connectivity index is 1.44. The first kappa shape index (κ1) is 18.3. The molecule has 4 rings (SSSR count). The maximum atomic E-state index is 6.20. The van der Waals surface area contributed by atoms with E-state index in [0.29, 0.717) is 43.6 Å². The molecule has 0 radical (unpaired) electrons. The lowest BCUT2D eigenvalue weighted by molar-refractivity contribution is 0.528. The highest BCUT2D eigenvalue weighted by atomic mass is 35.5. The van der Waals surface area contributed by atoms with Crippen LogP contribution in [0.3, 0.4) is 0 Å². The third-order valence-electron chi connectivity index (χ3n) is 3.53. The second-order valence-corrected chi connectivity index (χ2v) is 7.61. The van der Waals surface area contributed by atoms with Gasteiger partial charge in [0.1, 0.15) is 0 Å². The van der Waals surface area contributed by atoms with E-state index < -0.39 is 0 Å². The minimum atomic E-state index is 0.436. The SMILES string of the molecule is Clc1ccc(-c2nnc(CSc3n[nH]c(-c4ccc(Cl)cc4Cl)n3)o2)cc1. The molecule has 1 N–H and O–H groups in total. The van der Waals surface area contributed by atoms with Crippen LogP contribution in [0, 0.1) is 0 Å². The van der Waals surface area contributed by atoms with Crippen molar-refractivity contribution < 1.29 is 4.42 Å². The van der Waals surface area contributed by atoms with Crippen molar-refractivity contribution in [3.05, 3.63) is 63.4 Å². The number of halogens is 3. The zero-order valence-electron chi connectivity index (χ0n) is 13.5. The molecule has 0 unspecified atom stereocenters. The topological polar surface area (TPSA) is 80.5 Å². The first-order valence-electron chi connectivity index (χ1n) is 7.67. The van der Waals surface area contributed by atoms with Crippen molar-refractivity contribution in [1.29, 1.82) is 0 Å². The Morgan fingerprint density at radius 1 is 0.963 bits per heavy atom. The second kappa shape index (κ2) is 7.90. The van der Waals surface area contributed by atoms with Crippen LogP contribution in [0.1, 0.15) is 5.89 Å². The molecular weight excluding hydrogens is 429 g/mol. The molecule has 2 aromatic heterocycles. The van der Waals surface area contributed by atoms with Gasteiger partial charge in [-0.25, -0.2) is 4.98 Å². The molecule has 2 heterocycles. The molecule has 0 saturated heterocycles. The van der Waals surface area contributed by atoms with Crippen LogP contribution >= 0.6 is 46.6 Å². The smallest absolute Gasteiger partial charge is 0.247 e. The Labute approximate surface area is 173 Å². The van der Waals surface area contributed by atoms with Gasteiger partial charge in [0.15, 0.2) is 5.82 Å². The fourth-order valence-corrected chi connectivity index (χ4v) is 3.52. The Morgan fingerprint density at radius 2 is 1.74 bits per heavy atom. The van der Waals surface area contributed by atoms with E-state index in [1.54, 1.807) is 30.3 Å². The van der Waals surface area contributed by atoms with Crippen LogP contribution in [0.2, 0.25) is 15.1 Å². The number of nitrogens with zero attached hydrogens (tertiary/aromatic N) is 4. The van der Waals surface area contributed by atoms with Crippen molar-refractivity contribution in [2.24, 2.45) is 0 Å². The van der Waals surface area contributed by atoms with E-state index in [9.17, 15) is 0 Å². The molecule has 0 aliphatic heterocycles. The predicted octanol–water partition coefficient (Wildman–Crippen LogP) is 5.77. The first-order chi connectivity index (χ1) is 13.1. The second-order valence-electron chi connectivity index (χ2n) is 5.39. The van der Waals surface area contributed by atoms with E-state index in [4.69, 9.17) is 39.2 Å². The minimum absolute atomic E-state index is 0.436. The molecular formula is C17H10Cl3N5OS. The maximum absolute atomic E-state index is 6.20. The van der Waals surface area contributed by atoms with Gasteiger partial charge in [-0.1, -0.05) is 46.6 Å². The highest BCUT2D eigenvalue weighted by Crippen LogP contribution is 2.30. The number of thioether (sulfide) groups is 1. The van der Waals surface area contributed by atoms with Gasteiger partial charge in [-0.3, -0.25) is 5.10 Å². The molecule has 136 valence electrons. The highest BCUT2D eigenvalue weighted by molar-refractivity contribution is 7.98. The molecule has 27 heavy (non-hydrogen) atoms. The normalized spacial score (nSPS) is 11.1. The summed E-state index contributed by atoms with van der Waals surface area (Å²) in [5, 5.41) is 17.4. The summed E-state index contributed by atoms with van der Waals surface area (Å²) in [6, 6.07) is 12.4. The van der Waals surface area contributed by atoms with Gasteiger partial charge in [0, 0.05) is 21.2 Å². The number of H-pyrrole nitrogens is 1. The van der Waals surface area contributed by atoms with Gasteiger partial charge in [-0.15, -0.1) is 15.3 Å². The number of nitrogens with one attached hydrogen (secondary N) is 1. The Hall–Kier alpha value is -2.06. The third-order valence-corrected chi connectivity index (χ3v) is 5.17. The molecule has 4 aromatic rings. The summed E-state index contributed by atoms with van der Waals surface area (Å²) in [6.07, 6.45) is 0. The van der Waals surface area contributed by atoms with Gasteiger partial charge in [0.25, 0.3) is 0 Å². The maximum Gasteiger partial charge on any atom is 0.247 e. The van der Waals surface area contributed by atoms with E-state index in [1.807, 2.05) is 12.1 Å². The van der Waals surface area contributed by atoms with Gasteiger partial charge in [0.05, 0.1) is 10.8 Å². The fourth-order valence-electron chi connectivity index (χ4n) is 2.26. The summed E-state index contributed by atoms with van der Waals surface area (Å²) in [5.41, 5.74) is 1.53. The molecule has 6 nitrogen and oxygen atoms in total. The van der Waals surface area contributed by atoms with E-state index in [2.05, 4.69) is 25.4 Å². The van der Waals surface area contributed by atoms with Crippen molar-refractivity contribution in [2.75, 3.05) is 0 Å². The van der Waals surface area contributed by atoms with E-state index in [-0.39, 0.29) is 0 Å². The van der Waals surface area contributed by atoms with Gasteiger partial charge in [-0.05, 0) is 42.5 Å². The number of hydrogen-bond donors (Lipinski definition) is 1. The van der Waals surface area contributed by atoms with Crippen LogP contribution in [0.4, 0.5) is 0 Å². The molecule has 2 aromatic carbocycles. The summed E-state index contributed by atoms with van der Waals surface area (Å²) >= 11 is 19.4. The molecule has 0 spiro atoms. The average molecular weight is 439 g/mol. The van der Waals surface area contributed by atoms with Crippen LogP contribution in [-0.2, 0) is 5.75 Å². The lowest BCUT2D eigenvalue weighted by Crippen LogP contribution is -1.83. The Bertz CT molecular complexity index is 1080. The summed E-state index contributed by atoms with van der Waals surface area (Å²) in [5.74, 6) is 1.91.